The van der Waals surface area contributed by atoms with Gasteiger partial charge in [0, 0.05) is 5.54 Å². The van der Waals surface area contributed by atoms with Gasteiger partial charge in [0.05, 0.1) is 0 Å². The summed E-state index contributed by atoms with van der Waals surface area (Å²) in [7, 11) is 0. The first kappa shape index (κ1) is 8.06. The first-order chi connectivity index (χ1) is 4.52. The second-order valence-corrected chi connectivity index (χ2v) is 4.25. The van der Waals surface area contributed by atoms with E-state index in [2.05, 4.69) is 20.8 Å². The Hall–Kier alpha value is -0.0400. The minimum Gasteiger partial charge on any atom is -0.325 e. The smallest absolute Gasteiger partial charge is 0.0203 e. The van der Waals surface area contributed by atoms with Gasteiger partial charge in [-0.1, -0.05) is 27.2 Å². The molecule has 1 atom stereocenters. The zero-order chi connectivity index (χ0) is 7.83. The zero-order valence-electron chi connectivity index (χ0n) is 7.41. The lowest BCUT2D eigenvalue weighted by molar-refractivity contribution is 0.202. The van der Waals surface area contributed by atoms with Gasteiger partial charge in [-0.2, -0.15) is 0 Å². The lowest BCUT2D eigenvalue weighted by Gasteiger charge is -2.37. The Labute approximate surface area is 64.0 Å². The molecule has 1 nitrogen and oxygen atoms in total. The molecule has 0 aliphatic heterocycles. The number of hydrogen-bond acceptors (Lipinski definition) is 1. The van der Waals surface area contributed by atoms with E-state index in [1.54, 1.807) is 0 Å². The molecular weight excluding hydrogens is 122 g/mol. The van der Waals surface area contributed by atoms with Crippen LogP contribution in [0.1, 0.15) is 46.5 Å². The van der Waals surface area contributed by atoms with E-state index < -0.39 is 0 Å². The number of hydrogen-bond donors (Lipinski definition) is 1. The van der Waals surface area contributed by atoms with Gasteiger partial charge in [-0.3, -0.25) is 0 Å². The summed E-state index contributed by atoms with van der Waals surface area (Å²) in [5.74, 6) is 0. The molecule has 1 fully saturated rings. The van der Waals surface area contributed by atoms with Gasteiger partial charge >= 0.3 is 0 Å². The minimum absolute atomic E-state index is 0.132. The molecule has 1 rings (SSSR count). The number of rotatable bonds is 1. The quantitative estimate of drug-likeness (QED) is 0.595. The van der Waals surface area contributed by atoms with E-state index in [1.807, 2.05) is 0 Å². The Morgan fingerprint density at radius 2 is 1.90 bits per heavy atom. The molecule has 1 heteroatoms. The Balaban J connectivity index is 2.76. The van der Waals surface area contributed by atoms with E-state index in [-0.39, 0.29) is 5.54 Å². The average Bonchev–Trinajstić information content (AvgIpc) is 2.10. The maximum atomic E-state index is 6.24. The van der Waals surface area contributed by atoms with Crippen LogP contribution in [-0.2, 0) is 0 Å². The molecule has 0 heterocycles. The monoisotopic (exact) mass is 141 g/mol. The lowest BCUT2D eigenvalue weighted by atomic mass is 9.74. The largest absolute Gasteiger partial charge is 0.325 e. The summed E-state index contributed by atoms with van der Waals surface area (Å²) in [6.45, 7) is 6.79. The van der Waals surface area contributed by atoms with Crippen molar-refractivity contribution in [2.45, 2.75) is 52.0 Å². The first-order valence-corrected chi connectivity index (χ1v) is 4.31. The van der Waals surface area contributed by atoms with Crippen molar-refractivity contribution in [3.05, 3.63) is 0 Å². The van der Waals surface area contributed by atoms with Crippen LogP contribution in [0.15, 0.2) is 0 Å². The van der Waals surface area contributed by atoms with Gasteiger partial charge in [-0.05, 0) is 24.7 Å². The third kappa shape index (κ3) is 0.968. The van der Waals surface area contributed by atoms with Crippen molar-refractivity contribution in [2.75, 3.05) is 0 Å². The molecule has 0 bridgehead atoms. The molecule has 1 aliphatic carbocycles. The normalized spacial score (nSPS) is 38.4. The summed E-state index contributed by atoms with van der Waals surface area (Å²) in [5.41, 5.74) is 6.74. The van der Waals surface area contributed by atoms with Crippen LogP contribution in [0, 0.1) is 5.41 Å². The van der Waals surface area contributed by atoms with Gasteiger partial charge in [0.25, 0.3) is 0 Å². The van der Waals surface area contributed by atoms with E-state index in [9.17, 15) is 0 Å². The van der Waals surface area contributed by atoms with Gasteiger partial charge < -0.3 is 5.73 Å². The van der Waals surface area contributed by atoms with Crippen LogP contribution in [0.25, 0.3) is 0 Å². The molecule has 0 saturated heterocycles. The fourth-order valence-electron chi connectivity index (χ4n) is 2.09. The molecule has 0 amide bonds. The molecule has 2 N–H and O–H groups in total. The predicted octanol–water partition coefficient (Wildman–Crippen LogP) is 2.30. The van der Waals surface area contributed by atoms with Crippen molar-refractivity contribution in [2.24, 2.45) is 11.1 Å². The molecule has 1 unspecified atom stereocenters. The molecule has 0 aromatic carbocycles. The molecule has 0 radical (unpaired) electrons. The van der Waals surface area contributed by atoms with Gasteiger partial charge in [-0.15, -0.1) is 0 Å². The molecule has 0 aromatic heterocycles. The molecule has 1 saturated carbocycles. The predicted molar refractivity (Wildman–Crippen MR) is 44.8 cm³/mol. The Morgan fingerprint density at radius 1 is 1.30 bits per heavy atom. The second-order valence-electron chi connectivity index (χ2n) is 4.25. The van der Waals surface area contributed by atoms with Crippen LogP contribution >= 0.6 is 0 Å². The van der Waals surface area contributed by atoms with Crippen molar-refractivity contribution in [1.82, 2.24) is 0 Å². The van der Waals surface area contributed by atoms with Crippen molar-refractivity contribution in [3.63, 3.8) is 0 Å². The minimum atomic E-state index is 0.132. The maximum Gasteiger partial charge on any atom is 0.0203 e. The summed E-state index contributed by atoms with van der Waals surface area (Å²) >= 11 is 0. The summed E-state index contributed by atoms with van der Waals surface area (Å²) in [6, 6.07) is 0. The van der Waals surface area contributed by atoms with E-state index in [0.717, 1.165) is 6.42 Å². The highest BCUT2D eigenvalue weighted by Gasteiger charge is 2.43. The molecule has 60 valence electrons. The van der Waals surface area contributed by atoms with E-state index in [1.165, 1.54) is 19.3 Å². The summed E-state index contributed by atoms with van der Waals surface area (Å²) in [6.07, 6.45) is 4.96. The third-order valence-electron chi connectivity index (χ3n) is 3.40. The third-order valence-corrected chi connectivity index (χ3v) is 3.40. The van der Waals surface area contributed by atoms with E-state index in [0.29, 0.717) is 5.41 Å². The van der Waals surface area contributed by atoms with Crippen LogP contribution in [0.4, 0.5) is 0 Å². The zero-order valence-corrected chi connectivity index (χ0v) is 7.41. The second kappa shape index (κ2) is 2.23. The van der Waals surface area contributed by atoms with Crippen LogP contribution in [0.5, 0.6) is 0 Å². The van der Waals surface area contributed by atoms with Crippen molar-refractivity contribution in [3.8, 4) is 0 Å². The molecule has 0 aromatic rings. The van der Waals surface area contributed by atoms with Crippen LogP contribution < -0.4 is 5.73 Å². The highest BCUT2D eigenvalue weighted by molar-refractivity contribution is 5.01. The van der Waals surface area contributed by atoms with E-state index in [4.69, 9.17) is 5.73 Å². The van der Waals surface area contributed by atoms with Crippen molar-refractivity contribution < 1.29 is 0 Å². The highest BCUT2D eigenvalue weighted by Crippen LogP contribution is 2.45. The Morgan fingerprint density at radius 3 is 2.10 bits per heavy atom. The first-order valence-electron chi connectivity index (χ1n) is 4.31. The average molecular weight is 141 g/mol. The molecule has 0 spiro atoms. The van der Waals surface area contributed by atoms with Crippen LogP contribution in [0.2, 0.25) is 0 Å². The van der Waals surface area contributed by atoms with Crippen LogP contribution in [0.3, 0.4) is 0 Å². The molecular formula is C9H19N. The summed E-state index contributed by atoms with van der Waals surface area (Å²) in [5, 5.41) is 0. The van der Waals surface area contributed by atoms with Crippen LogP contribution in [-0.4, -0.2) is 5.54 Å². The van der Waals surface area contributed by atoms with Crippen molar-refractivity contribution in [1.29, 1.82) is 0 Å². The van der Waals surface area contributed by atoms with E-state index >= 15 is 0 Å². The number of nitrogens with two attached hydrogens (primary N) is 1. The van der Waals surface area contributed by atoms with Gasteiger partial charge in [0.2, 0.25) is 0 Å². The van der Waals surface area contributed by atoms with Gasteiger partial charge in [-0.25, -0.2) is 0 Å². The topological polar surface area (TPSA) is 26.0 Å². The summed E-state index contributed by atoms with van der Waals surface area (Å²) in [4.78, 5) is 0. The highest BCUT2D eigenvalue weighted by atomic mass is 14.8. The Kier molecular flexibility index (Phi) is 1.80. The van der Waals surface area contributed by atoms with Crippen molar-refractivity contribution >= 4 is 0 Å². The molecule has 1 aliphatic rings. The lowest BCUT2D eigenvalue weighted by Crippen LogP contribution is -2.47. The molecule has 10 heavy (non-hydrogen) atoms. The standard InChI is InChI=1S/C9H19N/c1-4-9(10)7-5-6-8(9,2)3/h4-7,10H2,1-3H3. The maximum absolute atomic E-state index is 6.24. The fraction of sp³-hybridized carbons (Fsp3) is 1.00. The Bertz CT molecular complexity index is 129. The fourth-order valence-corrected chi connectivity index (χ4v) is 2.09. The van der Waals surface area contributed by atoms with Gasteiger partial charge in [0.15, 0.2) is 0 Å². The van der Waals surface area contributed by atoms with Gasteiger partial charge in [0.1, 0.15) is 0 Å². The summed E-state index contributed by atoms with van der Waals surface area (Å²) < 4.78 is 0. The SMILES string of the molecule is CCC1(N)CCCC1(C)C.